The lowest BCUT2D eigenvalue weighted by molar-refractivity contribution is -0.0436. The van der Waals surface area contributed by atoms with E-state index in [2.05, 4.69) is 5.16 Å². The van der Waals surface area contributed by atoms with E-state index in [1.54, 1.807) is 91.0 Å². The fourth-order valence-electron chi connectivity index (χ4n) is 3.70. The van der Waals surface area contributed by atoms with Crippen LogP contribution in [0.3, 0.4) is 0 Å². The number of carbonyl (C=O) groups is 3. The van der Waals surface area contributed by atoms with Crippen molar-refractivity contribution in [3.05, 3.63) is 108 Å². The molecule has 4 atom stereocenters. The molecule has 184 valence electrons. The molecule has 0 radical (unpaired) electrons. The molecule has 0 amide bonds. The Bertz CT molecular complexity index is 1200. The monoisotopic (exact) mass is 489 g/mol. The van der Waals surface area contributed by atoms with E-state index < -0.39 is 42.3 Å². The molecule has 3 aromatic carbocycles. The minimum Gasteiger partial charge on any atom is -0.459 e. The van der Waals surface area contributed by atoms with Crippen LogP contribution in [0.1, 0.15) is 31.1 Å². The van der Waals surface area contributed by atoms with Gasteiger partial charge in [-0.3, -0.25) is 0 Å². The molecule has 4 rings (SSSR count). The van der Waals surface area contributed by atoms with Crippen molar-refractivity contribution in [2.75, 3.05) is 6.61 Å². The second-order valence-corrected chi connectivity index (χ2v) is 7.84. The Labute approximate surface area is 206 Å². The molecule has 0 spiro atoms. The number of benzene rings is 3. The minimum absolute atomic E-state index is 0.268. The van der Waals surface area contributed by atoms with Crippen LogP contribution < -0.4 is 0 Å². The second-order valence-electron chi connectivity index (χ2n) is 7.84. The van der Waals surface area contributed by atoms with E-state index in [-0.39, 0.29) is 17.7 Å². The second kappa shape index (κ2) is 11.8. The van der Waals surface area contributed by atoms with E-state index >= 15 is 0 Å². The van der Waals surface area contributed by atoms with Crippen LogP contribution in [0.25, 0.3) is 0 Å². The lowest BCUT2D eigenvalue weighted by atomic mass is 10.1. The molecule has 1 saturated heterocycles. The summed E-state index contributed by atoms with van der Waals surface area (Å²) in [5.41, 5.74) is 0.864. The summed E-state index contributed by atoms with van der Waals surface area (Å²) in [6.45, 7) is -0.310. The summed E-state index contributed by atoms with van der Waals surface area (Å²) in [5.74, 6) is -1.99. The number of rotatable bonds is 8. The van der Waals surface area contributed by atoms with Crippen LogP contribution in [0.15, 0.2) is 96.2 Å². The largest absolute Gasteiger partial charge is 0.459 e. The number of carbonyl (C=O) groups excluding carboxylic acids is 3. The first-order valence-corrected chi connectivity index (χ1v) is 11.1. The minimum atomic E-state index is -1.18. The molecule has 0 aliphatic carbocycles. The first kappa shape index (κ1) is 24.6. The Morgan fingerprint density at radius 3 is 1.64 bits per heavy atom. The van der Waals surface area contributed by atoms with E-state index in [0.29, 0.717) is 5.56 Å². The Balaban J connectivity index is 1.57. The number of hydrogen-bond acceptors (Lipinski definition) is 9. The maximum absolute atomic E-state index is 12.9. The van der Waals surface area contributed by atoms with Crippen molar-refractivity contribution in [2.24, 2.45) is 5.16 Å². The van der Waals surface area contributed by atoms with Gasteiger partial charge in [-0.15, -0.1) is 0 Å². The van der Waals surface area contributed by atoms with Gasteiger partial charge in [-0.25, -0.2) is 14.4 Å². The highest BCUT2D eigenvalue weighted by molar-refractivity contribution is 5.91. The summed E-state index contributed by atoms with van der Waals surface area (Å²) in [6.07, 6.45) is -3.41. The van der Waals surface area contributed by atoms with Crippen LogP contribution in [0.5, 0.6) is 0 Å². The Morgan fingerprint density at radius 1 is 0.722 bits per heavy atom. The van der Waals surface area contributed by atoms with Gasteiger partial charge >= 0.3 is 17.9 Å². The summed E-state index contributed by atoms with van der Waals surface area (Å²) >= 11 is 0. The van der Waals surface area contributed by atoms with Gasteiger partial charge in [0, 0.05) is 0 Å². The quantitative estimate of drug-likeness (QED) is 0.168. The zero-order valence-corrected chi connectivity index (χ0v) is 19.0. The number of oxime groups is 1. The third-order valence-corrected chi connectivity index (χ3v) is 5.45. The van der Waals surface area contributed by atoms with Gasteiger partial charge in [-0.05, 0) is 36.4 Å². The zero-order chi connectivity index (χ0) is 25.3. The molecule has 1 aliphatic heterocycles. The maximum Gasteiger partial charge on any atom is 0.338 e. The predicted molar refractivity (Wildman–Crippen MR) is 127 cm³/mol. The highest BCUT2D eigenvalue weighted by Gasteiger charge is 2.50. The molecule has 36 heavy (non-hydrogen) atoms. The summed E-state index contributed by atoms with van der Waals surface area (Å²) < 4.78 is 22.6. The fraction of sp³-hybridized carbons (Fsp3) is 0.185. The van der Waals surface area contributed by atoms with E-state index in [9.17, 15) is 14.4 Å². The lowest BCUT2D eigenvalue weighted by Gasteiger charge is -2.23. The van der Waals surface area contributed by atoms with Crippen LogP contribution in [-0.2, 0) is 18.9 Å². The van der Waals surface area contributed by atoms with E-state index in [0.717, 1.165) is 6.21 Å². The van der Waals surface area contributed by atoms with Crippen LogP contribution in [0.4, 0.5) is 0 Å². The molecule has 3 aromatic rings. The van der Waals surface area contributed by atoms with Crippen LogP contribution in [0, 0.1) is 0 Å². The first-order valence-electron chi connectivity index (χ1n) is 11.1. The van der Waals surface area contributed by atoms with Crippen molar-refractivity contribution in [3.8, 4) is 0 Å². The zero-order valence-electron chi connectivity index (χ0n) is 19.0. The van der Waals surface area contributed by atoms with Crippen molar-refractivity contribution in [2.45, 2.75) is 24.4 Å². The van der Waals surface area contributed by atoms with Crippen molar-refractivity contribution in [3.63, 3.8) is 0 Å². The SMILES string of the molecule is O=C(OC[C@H]1O[C@@H](/C=N/O)[C@H](OC(=O)c2ccccc2)[C@@H]1OC(=O)c1ccccc1)c1ccccc1. The van der Waals surface area contributed by atoms with E-state index in [1.807, 2.05) is 0 Å². The van der Waals surface area contributed by atoms with Crippen LogP contribution in [0.2, 0.25) is 0 Å². The van der Waals surface area contributed by atoms with Crippen molar-refractivity contribution in [1.29, 1.82) is 0 Å². The Hall–Kier alpha value is -4.50. The van der Waals surface area contributed by atoms with Gasteiger partial charge in [0.1, 0.15) is 18.8 Å². The first-order chi connectivity index (χ1) is 17.6. The van der Waals surface area contributed by atoms with Gasteiger partial charge in [0.25, 0.3) is 0 Å². The molecule has 9 nitrogen and oxygen atoms in total. The average Bonchev–Trinajstić information content (AvgIpc) is 3.24. The van der Waals surface area contributed by atoms with Crippen LogP contribution in [-0.4, -0.2) is 60.4 Å². The lowest BCUT2D eigenvalue weighted by Crippen LogP contribution is -2.42. The summed E-state index contributed by atoms with van der Waals surface area (Å²) in [7, 11) is 0. The Morgan fingerprint density at radius 2 is 1.17 bits per heavy atom. The molecule has 1 fully saturated rings. The van der Waals surface area contributed by atoms with Crippen molar-refractivity contribution < 1.29 is 38.5 Å². The van der Waals surface area contributed by atoms with Gasteiger partial charge in [-0.1, -0.05) is 59.8 Å². The van der Waals surface area contributed by atoms with Gasteiger partial charge in [0.2, 0.25) is 0 Å². The summed E-state index contributed by atoms with van der Waals surface area (Å²) in [4.78, 5) is 38.1. The van der Waals surface area contributed by atoms with E-state index in [1.165, 1.54) is 0 Å². The molecule has 0 bridgehead atoms. The normalized spacial score (nSPS) is 21.1. The van der Waals surface area contributed by atoms with Gasteiger partial charge in [0.05, 0.1) is 22.9 Å². The maximum atomic E-state index is 12.9. The summed E-state index contributed by atoms with van der Waals surface area (Å²) in [6, 6.07) is 24.8. The molecule has 9 heteroatoms. The van der Waals surface area contributed by atoms with Gasteiger partial charge < -0.3 is 24.2 Å². The molecule has 0 unspecified atom stereocenters. The van der Waals surface area contributed by atoms with Crippen molar-refractivity contribution in [1.82, 2.24) is 0 Å². The predicted octanol–water partition coefficient (Wildman–Crippen LogP) is 3.52. The fourth-order valence-corrected chi connectivity index (χ4v) is 3.70. The average molecular weight is 489 g/mol. The topological polar surface area (TPSA) is 121 Å². The number of esters is 3. The third kappa shape index (κ3) is 5.94. The molecule has 0 aromatic heterocycles. The molecular weight excluding hydrogens is 466 g/mol. The number of ether oxygens (including phenoxy) is 4. The smallest absolute Gasteiger partial charge is 0.338 e. The standard InChI is InChI=1S/C27H23NO8/c29-25(18-10-4-1-5-11-18)33-17-22-24(36-27(31)20-14-8-3-9-15-20)23(21(34-22)16-28-32)35-26(30)19-12-6-2-7-13-19/h1-16,21-24,32H,17H2/b28-16+/t21-,22+,23-,24+/m0/s1. The van der Waals surface area contributed by atoms with Gasteiger partial charge in [0.15, 0.2) is 12.2 Å². The molecule has 1 heterocycles. The van der Waals surface area contributed by atoms with E-state index in [4.69, 9.17) is 24.2 Å². The van der Waals surface area contributed by atoms with Crippen molar-refractivity contribution >= 4 is 24.1 Å². The highest BCUT2D eigenvalue weighted by Crippen LogP contribution is 2.28. The van der Waals surface area contributed by atoms with Crippen LogP contribution >= 0.6 is 0 Å². The van der Waals surface area contributed by atoms with Gasteiger partial charge in [-0.2, -0.15) is 0 Å². The number of nitrogens with zero attached hydrogens (tertiary/aromatic N) is 1. The summed E-state index contributed by atoms with van der Waals surface area (Å²) in [5, 5.41) is 12.2. The third-order valence-electron chi connectivity index (χ3n) is 5.45. The Kier molecular flexibility index (Phi) is 8.05. The molecule has 0 saturated carbocycles. The highest BCUT2D eigenvalue weighted by atomic mass is 16.6. The number of hydrogen-bond donors (Lipinski definition) is 1. The molecule has 1 aliphatic rings. The molecular formula is C27H23NO8. The molecule has 1 N–H and O–H groups in total.